The van der Waals surface area contributed by atoms with E-state index in [0.29, 0.717) is 5.92 Å². The Morgan fingerprint density at radius 3 is 2.21 bits per heavy atom. The predicted molar refractivity (Wildman–Crippen MR) is 164 cm³/mol. The molecule has 0 radical (unpaired) electrons. The van der Waals surface area contributed by atoms with Crippen LogP contribution in [0.3, 0.4) is 0 Å². The van der Waals surface area contributed by atoms with Crippen molar-refractivity contribution in [3.63, 3.8) is 0 Å². The molecule has 2 bridgehead atoms. The molecule has 0 N–H and O–H groups in total. The highest BCUT2D eigenvalue weighted by molar-refractivity contribution is 6.30. The van der Waals surface area contributed by atoms with Crippen molar-refractivity contribution >= 4 is 11.6 Å². The van der Waals surface area contributed by atoms with Gasteiger partial charge in [-0.05, 0) is 123 Å². The van der Waals surface area contributed by atoms with Crippen molar-refractivity contribution in [2.75, 3.05) is 0 Å². The highest BCUT2D eigenvalue weighted by atomic mass is 35.5. The van der Waals surface area contributed by atoms with Crippen LogP contribution in [0.25, 0.3) is 33.4 Å². The third-order valence-electron chi connectivity index (χ3n) is 11.2. The fourth-order valence-electron chi connectivity index (χ4n) is 9.88. The Hall–Kier alpha value is -2.83. The number of halogens is 1. The first kappa shape index (κ1) is 24.0. The van der Waals surface area contributed by atoms with E-state index in [1.54, 1.807) is 11.1 Å². The average molecular weight is 529 g/mol. The molecule has 1 spiro atoms. The fourth-order valence-corrected chi connectivity index (χ4v) is 10.1. The maximum Gasteiger partial charge on any atom is 0.0409 e. The molecule has 4 aliphatic rings. The number of hydrogen-bond acceptors (Lipinski definition) is 0. The van der Waals surface area contributed by atoms with Crippen LogP contribution in [0.15, 0.2) is 78.9 Å². The van der Waals surface area contributed by atoms with Gasteiger partial charge in [-0.3, -0.25) is 0 Å². The van der Waals surface area contributed by atoms with E-state index in [1.807, 2.05) is 6.07 Å². The Balaban J connectivity index is 1.35. The highest BCUT2D eigenvalue weighted by Gasteiger charge is 2.56. The summed E-state index contributed by atoms with van der Waals surface area (Å²) in [5.74, 6) is 3.11. The van der Waals surface area contributed by atoms with Crippen LogP contribution in [0.5, 0.6) is 0 Å². The maximum atomic E-state index is 6.46. The summed E-state index contributed by atoms with van der Waals surface area (Å²) in [6.07, 6.45) is 5.52. The largest absolute Gasteiger partial charge is 0.0843 e. The van der Waals surface area contributed by atoms with E-state index < -0.39 is 0 Å². The van der Waals surface area contributed by atoms with Gasteiger partial charge in [-0.15, -0.1) is 0 Å². The third kappa shape index (κ3) is 3.08. The molecule has 0 aliphatic heterocycles. The number of rotatable bonds is 1. The third-order valence-corrected chi connectivity index (χ3v) is 11.5. The lowest BCUT2D eigenvalue weighted by Gasteiger charge is -2.54. The van der Waals surface area contributed by atoms with Crippen LogP contribution in [0.2, 0.25) is 5.02 Å². The van der Waals surface area contributed by atoms with Crippen molar-refractivity contribution in [1.82, 2.24) is 0 Å². The van der Waals surface area contributed by atoms with Crippen LogP contribution in [0.4, 0.5) is 0 Å². The van der Waals surface area contributed by atoms with E-state index in [1.165, 1.54) is 70.2 Å². The first-order chi connectivity index (χ1) is 18.8. The Bertz CT molecular complexity index is 1650. The van der Waals surface area contributed by atoms with E-state index in [4.69, 9.17) is 11.6 Å². The van der Waals surface area contributed by atoms with E-state index in [-0.39, 0.29) is 10.8 Å². The minimum Gasteiger partial charge on any atom is -0.0843 e. The van der Waals surface area contributed by atoms with Gasteiger partial charge >= 0.3 is 0 Å². The SMILES string of the molecule is CC1CC2CC(C)C3(c4ccccc4-c4c(-c5ccc6c(c5)C(C)(C)c5cc(Cl)ccc5-6)cccc43)C(C1)C2. The molecule has 0 nitrogen and oxygen atoms in total. The van der Waals surface area contributed by atoms with Gasteiger partial charge in [0.05, 0.1) is 0 Å². The van der Waals surface area contributed by atoms with Crippen LogP contribution in [0, 0.1) is 23.7 Å². The summed E-state index contributed by atoms with van der Waals surface area (Å²) in [5.41, 5.74) is 14.4. The van der Waals surface area contributed by atoms with Crippen LogP contribution in [-0.2, 0) is 10.8 Å². The quantitative estimate of drug-likeness (QED) is 0.230. The summed E-state index contributed by atoms with van der Waals surface area (Å²) < 4.78 is 0. The Kier molecular flexibility index (Phi) is 4.99. The van der Waals surface area contributed by atoms with Gasteiger partial charge in [0, 0.05) is 15.9 Å². The van der Waals surface area contributed by atoms with Crippen molar-refractivity contribution in [2.24, 2.45) is 23.7 Å². The van der Waals surface area contributed by atoms with Crippen molar-refractivity contribution in [3.8, 4) is 33.4 Å². The van der Waals surface area contributed by atoms with E-state index in [2.05, 4.69) is 100 Å². The fraction of sp³-hybridized carbons (Fsp3) is 0.368. The van der Waals surface area contributed by atoms with Crippen LogP contribution >= 0.6 is 11.6 Å². The molecule has 0 aromatic heterocycles. The summed E-state index contributed by atoms with van der Waals surface area (Å²) in [5, 5.41) is 0.818. The number of benzene rings is 4. The summed E-state index contributed by atoms with van der Waals surface area (Å²) in [7, 11) is 0. The minimum atomic E-state index is -0.0756. The van der Waals surface area contributed by atoms with Crippen LogP contribution < -0.4 is 0 Å². The van der Waals surface area contributed by atoms with Gasteiger partial charge in [-0.25, -0.2) is 0 Å². The lowest BCUT2D eigenvalue weighted by molar-refractivity contribution is 0.0426. The van der Waals surface area contributed by atoms with E-state index in [0.717, 1.165) is 22.8 Å². The van der Waals surface area contributed by atoms with Crippen LogP contribution in [-0.4, -0.2) is 0 Å². The van der Waals surface area contributed by atoms with Crippen molar-refractivity contribution in [2.45, 2.75) is 64.2 Å². The summed E-state index contributed by atoms with van der Waals surface area (Å²) in [6, 6.07) is 30.2. The van der Waals surface area contributed by atoms with Crippen molar-refractivity contribution in [1.29, 1.82) is 0 Å². The van der Waals surface area contributed by atoms with E-state index >= 15 is 0 Å². The molecule has 4 aliphatic carbocycles. The molecular weight excluding hydrogens is 492 g/mol. The zero-order valence-corrected chi connectivity index (χ0v) is 24.3. The molecule has 5 unspecified atom stereocenters. The smallest absolute Gasteiger partial charge is 0.0409 e. The molecule has 2 saturated carbocycles. The lowest BCUT2D eigenvalue weighted by Crippen LogP contribution is -2.49. The average Bonchev–Trinajstić information content (AvgIpc) is 3.34. The maximum absolute atomic E-state index is 6.46. The molecule has 8 rings (SSSR count). The highest BCUT2D eigenvalue weighted by Crippen LogP contribution is 2.65. The molecule has 196 valence electrons. The van der Waals surface area contributed by atoms with Gasteiger partial charge in [-0.1, -0.05) is 100.0 Å². The first-order valence-electron chi connectivity index (χ1n) is 15.0. The molecular formula is C38H37Cl. The summed E-state index contributed by atoms with van der Waals surface area (Å²) in [4.78, 5) is 0. The zero-order valence-electron chi connectivity index (χ0n) is 23.5. The topological polar surface area (TPSA) is 0 Å². The molecule has 5 atom stereocenters. The molecule has 1 heteroatoms. The molecule has 0 heterocycles. The van der Waals surface area contributed by atoms with Gasteiger partial charge in [0.15, 0.2) is 0 Å². The van der Waals surface area contributed by atoms with Crippen LogP contribution in [0.1, 0.15) is 75.6 Å². The Labute approximate surface area is 238 Å². The number of fused-ring (bicyclic) bond motifs is 11. The van der Waals surface area contributed by atoms with Crippen molar-refractivity contribution < 1.29 is 0 Å². The molecule has 39 heavy (non-hydrogen) atoms. The lowest BCUT2D eigenvalue weighted by atomic mass is 9.49. The second-order valence-electron chi connectivity index (χ2n) is 13.7. The normalized spacial score (nSPS) is 29.1. The van der Waals surface area contributed by atoms with Crippen molar-refractivity contribution in [3.05, 3.63) is 106 Å². The summed E-state index contributed by atoms with van der Waals surface area (Å²) >= 11 is 6.46. The molecule has 2 fully saturated rings. The van der Waals surface area contributed by atoms with Gasteiger partial charge in [0.25, 0.3) is 0 Å². The first-order valence-corrected chi connectivity index (χ1v) is 15.4. The van der Waals surface area contributed by atoms with Gasteiger partial charge < -0.3 is 0 Å². The molecule has 4 aromatic rings. The Morgan fingerprint density at radius 2 is 1.36 bits per heavy atom. The second-order valence-corrected chi connectivity index (χ2v) is 14.2. The zero-order chi connectivity index (χ0) is 26.7. The minimum absolute atomic E-state index is 0.0756. The summed E-state index contributed by atoms with van der Waals surface area (Å²) in [6.45, 7) is 9.76. The second kappa shape index (κ2) is 8.11. The molecule has 0 saturated heterocycles. The monoisotopic (exact) mass is 528 g/mol. The molecule has 4 aromatic carbocycles. The number of hydrogen-bond donors (Lipinski definition) is 0. The van der Waals surface area contributed by atoms with E-state index in [9.17, 15) is 0 Å². The standard InChI is InChI=1S/C38H37Cl/c1-22-16-24-18-23(2)38(26(17-22)19-24)32-10-6-5-8-31(32)36-28(9-7-11-33(36)38)25-12-14-29-30-15-13-27(39)21-35(30)37(3,4)34(29)20-25/h5-15,20-24,26H,16-19H2,1-4H3. The predicted octanol–water partition coefficient (Wildman–Crippen LogP) is 10.7. The van der Waals surface area contributed by atoms with Gasteiger partial charge in [0.2, 0.25) is 0 Å². The van der Waals surface area contributed by atoms with Gasteiger partial charge in [-0.2, -0.15) is 0 Å². The Morgan fingerprint density at radius 1 is 0.641 bits per heavy atom. The van der Waals surface area contributed by atoms with Gasteiger partial charge in [0.1, 0.15) is 0 Å². The molecule has 0 amide bonds.